The second kappa shape index (κ2) is 7.30. The normalized spacial score (nSPS) is 11.7. The van der Waals surface area contributed by atoms with Gasteiger partial charge >= 0.3 is 5.91 Å². The molecule has 4 aromatic rings. The summed E-state index contributed by atoms with van der Waals surface area (Å²) in [6, 6.07) is 13.2. The molecule has 0 fully saturated rings. The van der Waals surface area contributed by atoms with Crippen LogP contribution in [0.2, 0.25) is 5.02 Å². The van der Waals surface area contributed by atoms with Gasteiger partial charge in [-0.1, -0.05) is 29.8 Å². The Morgan fingerprint density at radius 1 is 1.10 bits per heavy atom. The van der Waals surface area contributed by atoms with Crippen LogP contribution >= 0.6 is 11.6 Å². The summed E-state index contributed by atoms with van der Waals surface area (Å²) in [7, 11) is -0.516. The number of pyridine rings is 1. The number of nitrogens with zero attached hydrogens (tertiary/aromatic N) is 2. The number of carbonyl (C=O) groups excluding carboxylic acids is 1. The summed E-state index contributed by atoms with van der Waals surface area (Å²) >= 11 is 6.26. The van der Waals surface area contributed by atoms with Gasteiger partial charge in [-0.3, -0.25) is 9.78 Å². The van der Waals surface area contributed by atoms with Crippen molar-refractivity contribution >= 4 is 55.1 Å². The van der Waals surface area contributed by atoms with E-state index in [9.17, 15) is 13.2 Å². The number of para-hydroxylation sites is 1. The number of anilines is 1. The van der Waals surface area contributed by atoms with Crippen molar-refractivity contribution in [3.8, 4) is 0 Å². The number of hydrogen-bond donors (Lipinski definition) is 1. The zero-order valence-corrected chi connectivity index (χ0v) is 18.0. The molecule has 0 saturated heterocycles. The van der Waals surface area contributed by atoms with Crippen LogP contribution in [0.15, 0.2) is 57.8 Å². The van der Waals surface area contributed by atoms with E-state index in [1.165, 1.54) is 12.1 Å². The number of sulfonamides is 1. The van der Waals surface area contributed by atoms with Crippen LogP contribution in [0.1, 0.15) is 16.2 Å². The minimum Gasteiger partial charge on any atom is -0.451 e. The number of fused-ring (bicyclic) bond motifs is 2. The van der Waals surface area contributed by atoms with Crippen molar-refractivity contribution < 1.29 is 17.6 Å². The van der Waals surface area contributed by atoms with Crippen LogP contribution in [0, 0.1) is 6.92 Å². The topological polar surface area (TPSA) is 92.5 Å². The molecule has 4 rings (SSSR count). The second-order valence-electron chi connectivity index (χ2n) is 7.06. The Balaban J connectivity index is 1.71. The van der Waals surface area contributed by atoms with Crippen molar-refractivity contribution in [2.24, 2.45) is 0 Å². The lowest BCUT2D eigenvalue weighted by molar-refractivity contribution is 0.0956. The molecule has 0 atom stereocenters. The number of nitrogens with one attached hydrogen (secondary N) is 1. The van der Waals surface area contributed by atoms with E-state index in [4.69, 9.17) is 16.0 Å². The maximum atomic E-state index is 12.9. The highest BCUT2D eigenvalue weighted by atomic mass is 35.5. The largest absolute Gasteiger partial charge is 0.451 e. The van der Waals surface area contributed by atoms with E-state index in [1.54, 1.807) is 43.3 Å². The number of hydrogen-bond acceptors (Lipinski definition) is 6. The number of aryl methyl sites for hydroxylation is 1. The molecule has 0 unspecified atom stereocenters. The average molecular weight is 444 g/mol. The van der Waals surface area contributed by atoms with Gasteiger partial charge in [0.25, 0.3) is 10.0 Å². The highest BCUT2D eigenvalue weighted by molar-refractivity contribution is 7.90. The third kappa shape index (κ3) is 3.59. The van der Waals surface area contributed by atoms with Gasteiger partial charge < -0.3 is 9.32 Å². The molecule has 154 valence electrons. The molecule has 0 aliphatic heterocycles. The molecule has 0 spiro atoms. The van der Waals surface area contributed by atoms with E-state index in [2.05, 4.69) is 9.71 Å². The third-order valence-corrected chi connectivity index (χ3v) is 6.30. The number of benzene rings is 2. The summed E-state index contributed by atoms with van der Waals surface area (Å²) in [4.78, 5) is 18.7. The van der Waals surface area contributed by atoms with E-state index in [1.807, 2.05) is 19.0 Å². The van der Waals surface area contributed by atoms with Crippen molar-refractivity contribution in [1.82, 2.24) is 9.71 Å². The zero-order valence-electron chi connectivity index (χ0n) is 16.4. The lowest BCUT2D eigenvalue weighted by Gasteiger charge is -2.13. The van der Waals surface area contributed by atoms with Crippen molar-refractivity contribution in [3.05, 3.63) is 65.0 Å². The fourth-order valence-corrected chi connectivity index (χ4v) is 4.64. The molecular formula is C21H18ClN3O4S. The first-order chi connectivity index (χ1) is 14.2. The fraction of sp³-hybridized carbons (Fsp3) is 0.143. The predicted molar refractivity (Wildman–Crippen MR) is 117 cm³/mol. The third-order valence-electron chi connectivity index (χ3n) is 4.63. The molecule has 0 aliphatic rings. The van der Waals surface area contributed by atoms with Gasteiger partial charge in [0.15, 0.2) is 5.76 Å². The summed E-state index contributed by atoms with van der Waals surface area (Å²) < 4.78 is 33.5. The Kier molecular flexibility index (Phi) is 4.91. The molecule has 2 aromatic heterocycles. The smallest absolute Gasteiger partial charge is 0.300 e. The first kappa shape index (κ1) is 20.2. The minimum absolute atomic E-state index is 0.0777. The summed E-state index contributed by atoms with van der Waals surface area (Å²) in [5.41, 5.74) is 2.11. The molecule has 30 heavy (non-hydrogen) atoms. The molecule has 0 saturated carbocycles. The van der Waals surface area contributed by atoms with Crippen LogP contribution in [0.25, 0.3) is 21.9 Å². The van der Waals surface area contributed by atoms with E-state index >= 15 is 0 Å². The van der Waals surface area contributed by atoms with E-state index in [0.29, 0.717) is 32.6 Å². The lowest BCUT2D eigenvalue weighted by atomic mass is 10.2. The summed E-state index contributed by atoms with van der Waals surface area (Å²) in [6.45, 7) is 1.77. The maximum Gasteiger partial charge on any atom is 0.300 e. The molecule has 2 heterocycles. The van der Waals surface area contributed by atoms with E-state index in [-0.39, 0.29) is 10.7 Å². The number of rotatable bonds is 4. The maximum absolute atomic E-state index is 12.9. The number of carbonyl (C=O) groups is 1. The van der Waals surface area contributed by atoms with Crippen LogP contribution in [0.5, 0.6) is 0 Å². The number of halogens is 1. The standard InChI is InChI=1S/C21H18ClN3O4S/c1-12-7-8-13-5-4-6-19(20(13)23-12)30(27,28)24-21(26)18-10-14-9-15(22)16(25(2)3)11-17(14)29-18/h4-11H,1-3H3,(H,24,26). The molecule has 1 amide bonds. The van der Waals surface area contributed by atoms with Crippen LogP contribution in [0.3, 0.4) is 0 Å². The quantitative estimate of drug-likeness (QED) is 0.510. The van der Waals surface area contributed by atoms with Gasteiger partial charge in [-0.25, -0.2) is 13.1 Å². The number of aromatic nitrogens is 1. The lowest BCUT2D eigenvalue weighted by Crippen LogP contribution is -2.30. The van der Waals surface area contributed by atoms with Crippen LogP contribution in [0.4, 0.5) is 5.69 Å². The predicted octanol–water partition coefficient (Wildman–Crippen LogP) is 4.13. The minimum atomic E-state index is -4.17. The number of amides is 1. The summed E-state index contributed by atoms with van der Waals surface area (Å²) in [6.07, 6.45) is 0. The monoisotopic (exact) mass is 443 g/mol. The molecule has 1 N–H and O–H groups in total. The van der Waals surface area contributed by atoms with Crippen molar-refractivity contribution in [3.63, 3.8) is 0 Å². The van der Waals surface area contributed by atoms with Gasteiger partial charge in [-0.05, 0) is 31.2 Å². The first-order valence-corrected chi connectivity index (χ1v) is 10.9. The highest BCUT2D eigenvalue weighted by Crippen LogP contribution is 2.32. The van der Waals surface area contributed by atoms with Gasteiger partial charge in [-0.2, -0.15) is 0 Å². The van der Waals surface area contributed by atoms with Gasteiger partial charge in [0.05, 0.1) is 16.2 Å². The van der Waals surface area contributed by atoms with Gasteiger partial charge in [0.1, 0.15) is 10.5 Å². The van der Waals surface area contributed by atoms with E-state index < -0.39 is 15.9 Å². The Morgan fingerprint density at radius 3 is 2.60 bits per heavy atom. The average Bonchev–Trinajstić information content (AvgIpc) is 3.09. The molecule has 2 aromatic carbocycles. The van der Waals surface area contributed by atoms with Crippen LogP contribution in [-0.4, -0.2) is 33.4 Å². The SMILES string of the molecule is Cc1ccc2cccc(S(=O)(=O)NC(=O)c3cc4cc(Cl)c(N(C)C)cc4o3)c2n1. The van der Waals surface area contributed by atoms with Crippen molar-refractivity contribution in [2.45, 2.75) is 11.8 Å². The Bertz CT molecular complexity index is 1410. The highest BCUT2D eigenvalue weighted by Gasteiger charge is 2.24. The second-order valence-corrected chi connectivity index (χ2v) is 9.12. The Morgan fingerprint density at radius 2 is 1.87 bits per heavy atom. The molecular weight excluding hydrogens is 426 g/mol. The first-order valence-electron chi connectivity index (χ1n) is 8.99. The summed E-state index contributed by atoms with van der Waals surface area (Å²) in [5, 5.41) is 1.74. The summed E-state index contributed by atoms with van der Waals surface area (Å²) in [5.74, 6) is -1.01. The molecule has 0 aliphatic carbocycles. The molecule has 9 heteroatoms. The zero-order chi connectivity index (χ0) is 21.6. The Labute approximate surface area is 178 Å². The Hall–Kier alpha value is -3.10. The van der Waals surface area contributed by atoms with Crippen LogP contribution in [-0.2, 0) is 10.0 Å². The van der Waals surface area contributed by atoms with Crippen molar-refractivity contribution in [2.75, 3.05) is 19.0 Å². The van der Waals surface area contributed by atoms with E-state index in [0.717, 1.165) is 5.69 Å². The van der Waals surface area contributed by atoms with Crippen molar-refractivity contribution in [1.29, 1.82) is 0 Å². The molecule has 0 bridgehead atoms. The molecule has 7 nitrogen and oxygen atoms in total. The number of furan rings is 1. The van der Waals surface area contributed by atoms with Gasteiger partial charge in [0, 0.05) is 36.6 Å². The van der Waals surface area contributed by atoms with Gasteiger partial charge in [-0.15, -0.1) is 0 Å². The van der Waals surface area contributed by atoms with Crippen LogP contribution < -0.4 is 9.62 Å². The fourth-order valence-electron chi connectivity index (χ4n) is 3.16. The molecule has 0 radical (unpaired) electrons. The van der Waals surface area contributed by atoms with Gasteiger partial charge in [0.2, 0.25) is 0 Å².